The first-order valence-corrected chi connectivity index (χ1v) is 9.73. The first kappa shape index (κ1) is 21.7. The maximum atomic E-state index is 12.5. The van der Waals surface area contributed by atoms with Crippen LogP contribution in [-0.4, -0.2) is 65.2 Å². The van der Waals surface area contributed by atoms with Crippen molar-refractivity contribution in [1.29, 1.82) is 0 Å². The normalized spacial score (nSPS) is 21.6. The molecule has 2 rings (SSSR count). The molecule has 0 aromatic carbocycles. The Balaban J connectivity index is 1.86. The number of rotatable bonds is 8. The Kier molecular flexibility index (Phi) is 7.83. The van der Waals surface area contributed by atoms with Crippen molar-refractivity contribution in [1.82, 2.24) is 15.5 Å². The number of carboxylic acid groups (broad SMARTS) is 1. The molecule has 28 heavy (non-hydrogen) atoms. The van der Waals surface area contributed by atoms with E-state index in [0.29, 0.717) is 19.4 Å². The number of carbonyl (C=O) groups excluding carboxylic acids is 3. The zero-order valence-corrected chi connectivity index (χ0v) is 16.2. The number of carbonyl (C=O) groups is 4. The fourth-order valence-electron chi connectivity index (χ4n) is 3.59. The highest BCUT2D eigenvalue weighted by atomic mass is 16.6. The molecule has 2 fully saturated rings. The minimum absolute atomic E-state index is 0.0970. The Bertz CT molecular complexity index is 617. The second-order valence-corrected chi connectivity index (χ2v) is 7.33. The number of hydrogen-bond donors (Lipinski definition) is 3. The molecule has 9 heteroatoms. The average molecular weight is 395 g/mol. The molecule has 0 spiro atoms. The largest absolute Gasteiger partial charge is 0.480 e. The SMILES string of the molecule is C=C[C@H](C)C(NC(=O)[C@@H]1CCCN1C(=O)CNC(=O)OC1CCCC1)C(=O)O. The standard InChI is InChI=1S/C19H29N3O6/c1-3-12(2)16(18(25)26)21-17(24)14-9-6-10-22(14)15(23)11-20-19(27)28-13-7-4-5-8-13/h3,12-14,16H,1,4-11H2,2H3,(H,20,27)(H,21,24)(H,25,26)/t12-,14-,16?/m0/s1. The Hall–Kier alpha value is -2.58. The van der Waals surface area contributed by atoms with E-state index in [0.717, 1.165) is 25.7 Å². The van der Waals surface area contributed by atoms with E-state index >= 15 is 0 Å². The van der Waals surface area contributed by atoms with Gasteiger partial charge in [-0.05, 0) is 38.5 Å². The van der Waals surface area contributed by atoms with E-state index in [2.05, 4.69) is 17.2 Å². The lowest BCUT2D eigenvalue weighted by Crippen LogP contribution is -2.53. The molecule has 0 bridgehead atoms. The zero-order chi connectivity index (χ0) is 20.7. The van der Waals surface area contributed by atoms with Crippen LogP contribution in [0, 0.1) is 5.92 Å². The summed E-state index contributed by atoms with van der Waals surface area (Å²) in [5.41, 5.74) is 0. The van der Waals surface area contributed by atoms with Crippen molar-refractivity contribution >= 4 is 23.9 Å². The van der Waals surface area contributed by atoms with Crippen LogP contribution in [0.2, 0.25) is 0 Å². The molecule has 1 saturated carbocycles. The molecular formula is C19H29N3O6. The Morgan fingerprint density at radius 3 is 2.50 bits per heavy atom. The molecule has 1 aliphatic carbocycles. The van der Waals surface area contributed by atoms with E-state index in [1.165, 1.54) is 11.0 Å². The first-order chi connectivity index (χ1) is 13.3. The maximum Gasteiger partial charge on any atom is 0.407 e. The average Bonchev–Trinajstić information content (AvgIpc) is 3.34. The van der Waals surface area contributed by atoms with Gasteiger partial charge in [0.2, 0.25) is 11.8 Å². The molecule has 2 aliphatic rings. The number of aliphatic carboxylic acids is 1. The minimum Gasteiger partial charge on any atom is -0.480 e. The molecule has 1 saturated heterocycles. The van der Waals surface area contributed by atoms with Gasteiger partial charge in [-0.15, -0.1) is 6.58 Å². The molecule has 1 aliphatic heterocycles. The number of likely N-dealkylation sites (tertiary alicyclic amines) is 1. The minimum atomic E-state index is -1.16. The van der Waals surface area contributed by atoms with Gasteiger partial charge in [-0.3, -0.25) is 9.59 Å². The van der Waals surface area contributed by atoms with E-state index in [4.69, 9.17) is 4.74 Å². The number of alkyl carbamates (subject to hydrolysis) is 1. The third kappa shape index (κ3) is 5.71. The monoisotopic (exact) mass is 395 g/mol. The van der Waals surface area contributed by atoms with Gasteiger partial charge in [-0.25, -0.2) is 9.59 Å². The van der Waals surface area contributed by atoms with Crippen molar-refractivity contribution in [2.75, 3.05) is 13.1 Å². The smallest absolute Gasteiger partial charge is 0.407 e. The Morgan fingerprint density at radius 1 is 1.21 bits per heavy atom. The van der Waals surface area contributed by atoms with Gasteiger partial charge in [0.15, 0.2) is 0 Å². The van der Waals surface area contributed by atoms with Crippen LogP contribution in [0.1, 0.15) is 45.4 Å². The molecule has 0 radical (unpaired) electrons. The molecule has 156 valence electrons. The fraction of sp³-hybridized carbons (Fsp3) is 0.684. The van der Waals surface area contributed by atoms with E-state index in [1.54, 1.807) is 6.92 Å². The van der Waals surface area contributed by atoms with Crippen molar-refractivity contribution in [2.45, 2.75) is 63.6 Å². The van der Waals surface area contributed by atoms with Crippen LogP contribution in [0.25, 0.3) is 0 Å². The number of hydrogen-bond acceptors (Lipinski definition) is 5. The van der Waals surface area contributed by atoms with Crippen LogP contribution in [0.15, 0.2) is 12.7 Å². The highest BCUT2D eigenvalue weighted by molar-refractivity contribution is 5.92. The maximum absolute atomic E-state index is 12.5. The Labute approximate surface area is 164 Å². The first-order valence-electron chi connectivity index (χ1n) is 9.73. The molecule has 1 heterocycles. The van der Waals surface area contributed by atoms with Gasteiger partial charge >= 0.3 is 12.1 Å². The van der Waals surface area contributed by atoms with Crippen LogP contribution in [-0.2, 0) is 19.1 Å². The predicted octanol–water partition coefficient (Wildman–Crippen LogP) is 1.04. The molecular weight excluding hydrogens is 366 g/mol. The summed E-state index contributed by atoms with van der Waals surface area (Å²) < 4.78 is 5.24. The van der Waals surface area contributed by atoms with E-state index < -0.39 is 41.9 Å². The van der Waals surface area contributed by atoms with Crippen LogP contribution >= 0.6 is 0 Å². The van der Waals surface area contributed by atoms with E-state index in [9.17, 15) is 24.3 Å². The highest BCUT2D eigenvalue weighted by Gasteiger charge is 2.36. The molecule has 1 unspecified atom stereocenters. The fourth-order valence-corrected chi connectivity index (χ4v) is 3.59. The van der Waals surface area contributed by atoms with Crippen LogP contribution in [0.5, 0.6) is 0 Å². The highest BCUT2D eigenvalue weighted by Crippen LogP contribution is 2.21. The van der Waals surface area contributed by atoms with Crippen molar-refractivity contribution in [3.63, 3.8) is 0 Å². The lowest BCUT2D eigenvalue weighted by molar-refractivity contribution is -0.144. The molecule has 3 N–H and O–H groups in total. The topological polar surface area (TPSA) is 125 Å². The molecule has 9 nitrogen and oxygen atoms in total. The molecule has 3 amide bonds. The lowest BCUT2D eigenvalue weighted by atomic mass is 10.0. The van der Waals surface area contributed by atoms with Crippen LogP contribution in [0.3, 0.4) is 0 Å². The summed E-state index contributed by atoms with van der Waals surface area (Å²) in [6, 6.07) is -1.86. The number of carboxylic acids is 1. The molecule has 3 atom stereocenters. The zero-order valence-electron chi connectivity index (χ0n) is 16.2. The second kappa shape index (κ2) is 10.1. The van der Waals surface area contributed by atoms with Gasteiger partial charge in [0, 0.05) is 12.5 Å². The molecule has 0 aromatic heterocycles. The van der Waals surface area contributed by atoms with Crippen LogP contribution in [0.4, 0.5) is 4.79 Å². The van der Waals surface area contributed by atoms with Gasteiger partial charge in [0.1, 0.15) is 24.7 Å². The van der Waals surface area contributed by atoms with E-state index in [-0.39, 0.29) is 12.6 Å². The van der Waals surface area contributed by atoms with Crippen molar-refractivity contribution in [3.05, 3.63) is 12.7 Å². The lowest BCUT2D eigenvalue weighted by Gasteiger charge is -2.26. The number of nitrogens with zero attached hydrogens (tertiary/aromatic N) is 1. The number of ether oxygens (including phenoxy) is 1. The second-order valence-electron chi connectivity index (χ2n) is 7.33. The van der Waals surface area contributed by atoms with Gasteiger partial charge < -0.3 is 25.4 Å². The Morgan fingerprint density at radius 2 is 1.89 bits per heavy atom. The summed E-state index contributed by atoms with van der Waals surface area (Å²) >= 11 is 0. The van der Waals surface area contributed by atoms with Gasteiger partial charge in [0.25, 0.3) is 0 Å². The van der Waals surface area contributed by atoms with Gasteiger partial charge in [-0.2, -0.15) is 0 Å². The van der Waals surface area contributed by atoms with E-state index in [1.807, 2.05) is 0 Å². The summed E-state index contributed by atoms with van der Waals surface area (Å²) in [7, 11) is 0. The molecule has 0 aromatic rings. The summed E-state index contributed by atoms with van der Waals surface area (Å²) in [6.07, 6.45) is 5.53. The summed E-state index contributed by atoms with van der Waals surface area (Å²) in [4.78, 5) is 49.6. The number of amides is 3. The number of nitrogens with one attached hydrogen (secondary N) is 2. The van der Waals surface area contributed by atoms with Gasteiger partial charge in [-0.1, -0.05) is 13.0 Å². The van der Waals surface area contributed by atoms with Crippen LogP contribution < -0.4 is 10.6 Å². The quantitative estimate of drug-likeness (QED) is 0.527. The van der Waals surface area contributed by atoms with Crippen molar-refractivity contribution < 1.29 is 29.0 Å². The summed E-state index contributed by atoms with van der Waals surface area (Å²) in [6.45, 7) is 5.32. The van der Waals surface area contributed by atoms with Crippen molar-refractivity contribution in [3.8, 4) is 0 Å². The summed E-state index contributed by atoms with van der Waals surface area (Å²) in [5.74, 6) is -2.53. The third-order valence-corrected chi connectivity index (χ3v) is 5.30. The summed E-state index contributed by atoms with van der Waals surface area (Å²) in [5, 5.41) is 14.2. The third-order valence-electron chi connectivity index (χ3n) is 5.30. The van der Waals surface area contributed by atoms with Gasteiger partial charge in [0.05, 0.1) is 0 Å². The van der Waals surface area contributed by atoms with Crippen molar-refractivity contribution in [2.24, 2.45) is 5.92 Å². The predicted molar refractivity (Wildman–Crippen MR) is 100 cm³/mol.